The van der Waals surface area contributed by atoms with E-state index in [9.17, 15) is 9.59 Å². The third-order valence-electron chi connectivity index (χ3n) is 5.55. The maximum Gasteiger partial charge on any atom is 0.232 e. The average molecular weight is 375 g/mol. The van der Waals surface area contributed by atoms with Crippen LogP contribution in [0.1, 0.15) is 24.5 Å². The van der Waals surface area contributed by atoms with Crippen LogP contribution < -0.4 is 9.47 Å². The van der Waals surface area contributed by atoms with Gasteiger partial charge in [-0.05, 0) is 36.2 Å². The van der Waals surface area contributed by atoms with Gasteiger partial charge in [-0.25, -0.2) is 0 Å². The zero-order valence-corrected chi connectivity index (χ0v) is 16.5. The Morgan fingerprint density at radius 3 is 2.07 bits per heavy atom. The average Bonchev–Trinajstić information content (AvgIpc) is 2.72. The molecule has 2 aliphatic rings. The van der Waals surface area contributed by atoms with Gasteiger partial charge in [0, 0.05) is 39.3 Å². The highest BCUT2D eigenvalue weighted by Crippen LogP contribution is 2.33. The van der Waals surface area contributed by atoms with Gasteiger partial charge in [-0.1, -0.05) is 6.92 Å². The topological polar surface area (TPSA) is 62.3 Å². The third kappa shape index (κ3) is 4.35. The molecule has 0 atom stereocenters. The molecule has 2 heterocycles. The van der Waals surface area contributed by atoms with Crippen molar-refractivity contribution in [3.05, 3.63) is 23.3 Å². The molecule has 0 saturated carbocycles. The molecule has 1 saturated heterocycles. The van der Waals surface area contributed by atoms with Gasteiger partial charge in [0.15, 0.2) is 11.5 Å². The highest BCUT2D eigenvalue weighted by Gasteiger charge is 2.27. The number of rotatable bonds is 5. The van der Waals surface area contributed by atoms with Gasteiger partial charge in [0.25, 0.3) is 0 Å². The zero-order valence-electron chi connectivity index (χ0n) is 16.5. The van der Waals surface area contributed by atoms with Crippen molar-refractivity contribution in [3.8, 4) is 11.5 Å². The summed E-state index contributed by atoms with van der Waals surface area (Å²) < 4.78 is 10.7. The molecule has 2 amide bonds. The number of ether oxygens (including phenoxy) is 2. The Labute approximate surface area is 160 Å². The van der Waals surface area contributed by atoms with Crippen molar-refractivity contribution < 1.29 is 19.1 Å². The summed E-state index contributed by atoms with van der Waals surface area (Å²) in [6.07, 6.45) is 0.708. The van der Waals surface area contributed by atoms with Crippen LogP contribution in [-0.2, 0) is 22.6 Å². The minimum Gasteiger partial charge on any atom is -0.493 e. The summed E-state index contributed by atoms with van der Waals surface area (Å²) in [5.41, 5.74) is 2.22. The quantitative estimate of drug-likeness (QED) is 0.723. The van der Waals surface area contributed by atoms with Crippen molar-refractivity contribution in [1.29, 1.82) is 0 Å². The van der Waals surface area contributed by atoms with E-state index in [0.29, 0.717) is 37.7 Å². The molecule has 0 aromatic heterocycles. The first-order valence-electron chi connectivity index (χ1n) is 9.57. The van der Waals surface area contributed by atoms with Crippen LogP contribution in [0.4, 0.5) is 0 Å². The predicted molar refractivity (Wildman–Crippen MR) is 102 cm³/mol. The molecular formula is C20H29N3O4. The number of piperazine rings is 1. The number of carbonyl (C=O) groups is 2. The van der Waals surface area contributed by atoms with Crippen LogP contribution in [0.2, 0.25) is 0 Å². The number of fused-ring (bicyclic) bond motifs is 1. The van der Waals surface area contributed by atoms with E-state index in [4.69, 9.17) is 9.47 Å². The number of carbonyl (C=O) groups excluding carboxylic acids is 2. The van der Waals surface area contributed by atoms with E-state index < -0.39 is 0 Å². The molecule has 0 N–H and O–H groups in total. The number of hydrogen-bond acceptors (Lipinski definition) is 5. The molecule has 3 rings (SSSR count). The minimum atomic E-state index is -0.0987. The predicted octanol–water partition coefficient (Wildman–Crippen LogP) is 1.14. The summed E-state index contributed by atoms with van der Waals surface area (Å²) in [6.45, 7) is 7.44. The Bertz CT molecular complexity index is 699. The van der Waals surface area contributed by atoms with E-state index in [1.54, 1.807) is 19.1 Å². The van der Waals surface area contributed by atoms with Gasteiger partial charge in [0.1, 0.15) is 6.42 Å². The second-order valence-corrected chi connectivity index (χ2v) is 7.03. The van der Waals surface area contributed by atoms with E-state index >= 15 is 0 Å². The van der Waals surface area contributed by atoms with Crippen molar-refractivity contribution in [2.45, 2.75) is 26.3 Å². The molecule has 7 heteroatoms. The van der Waals surface area contributed by atoms with Crippen LogP contribution in [0.3, 0.4) is 0 Å². The SMILES string of the molecule is CCN1CCN(C(=O)CC(=O)N2CCc3cc(OC)c(OC)cc3C2)CC1. The molecule has 0 spiro atoms. The van der Waals surface area contributed by atoms with E-state index in [1.807, 2.05) is 17.0 Å². The molecule has 2 aliphatic heterocycles. The van der Waals surface area contributed by atoms with Gasteiger partial charge in [-0.3, -0.25) is 9.59 Å². The second kappa shape index (κ2) is 8.61. The van der Waals surface area contributed by atoms with Gasteiger partial charge in [-0.15, -0.1) is 0 Å². The number of methoxy groups -OCH3 is 2. The second-order valence-electron chi connectivity index (χ2n) is 7.03. The van der Waals surface area contributed by atoms with E-state index in [1.165, 1.54) is 5.56 Å². The third-order valence-corrected chi connectivity index (χ3v) is 5.55. The number of likely N-dealkylation sites (N-methyl/N-ethyl adjacent to an activating group) is 1. The van der Waals surface area contributed by atoms with Crippen molar-refractivity contribution in [3.63, 3.8) is 0 Å². The fourth-order valence-electron chi connectivity index (χ4n) is 3.76. The lowest BCUT2D eigenvalue weighted by Crippen LogP contribution is -2.49. The van der Waals surface area contributed by atoms with Crippen LogP contribution in [0, 0.1) is 0 Å². The Balaban J connectivity index is 1.60. The molecule has 1 aromatic carbocycles. The normalized spacial score (nSPS) is 17.4. The first kappa shape index (κ1) is 19.5. The minimum absolute atomic E-state index is 0.0469. The van der Waals surface area contributed by atoms with Crippen LogP contribution in [0.5, 0.6) is 11.5 Å². The molecule has 1 aromatic rings. The van der Waals surface area contributed by atoms with Crippen molar-refractivity contribution in [1.82, 2.24) is 14.7 Å². The van der Waals surface area contributed by atoms with Gasteiger partial charge in [0.2, 0.25) is 11.8 Å². The lowest BCUT2D eigenvalue weighted by Gasteiger charge is -2.35. The summed E-state index contributed by atoms with van der Waals surface area (Å²) in [4.78, 5) is 31.1. The fourth-order valence-corrected chi connectivity index (χ4v) is 3.76. The monoisotopic (exact) mass is 375 g/mol. The molecule has 0 bridgehead atoms. The van der Waals surface area contributed by atoms with Crippen LogP contribution >= 0.6 is 0 Å². The summed E-state index contributed by atoms with van der Waals surface area (Å²) in [6, 6.07) is 3.91. The van der Waals surface area contributed by atoms with Gasteiger partial charge >= 0.3 is 0 Å². The van der Waals surface area contributed by atoms with Crippen LogP contribution in [0.15, 0.2) is 12.1 Å². The molecule has 27 heavy (non-hydrogen) atoms. The summed E-state index contributed by atoms with van der Waals surface area (Å²) in [7, 11) is 3.22. The maximum absolute atomic E-state index is 12.7. The fraction of sp³-hybridized carbons (Fsp3) is 0.600. The standard InChI is InChI=1S/C20H29N3O4/c1-4-21-7-9-22(10-8-21)19(24)13-20(25)23-6-5-15-11-17(26-2)18(27-3)12-16(15)14-23/h11-12H,4-10,13-14H2,1-3H3. The number of nitrogens with zero attached hydrogens (tertiary/aromatic N) is 3. The Morgan fingerprint density at radius 2 is 1.48 bits per heavy atom. The Morgan fingerprint density at radius 1 is 0.889 bits per heavy atom. The van der Waals surface area contributed by atoms with Crippen LogP contribution in [0.25, 0.3) is 0 Å². The van der Waals surface area contributed by atoms with Gasteiger partial charge in [0.05, 0.1) is 14.2 Å². The van der Waals surface area contributed by atoms with Gasteiger partial charge in [-0.2, -0.15) is 0 Å². The number of amides is 2. The smallest absolute Gasteiger partial charge is 0.232 e. The van der Waals surface area contributed by atoms with Crippen LogP contribution in [-0.4, -0.2) is 80.0 Å². The highest BCUT2D eigenvalue weighted by molar-refractivity contribution is 5.97. The first-order chi connectivity index (χ1) is 13.0. The lowest BCUT2D eigenvalue weighted by atomic mass is 9.98. The molecule has 0 unspecified atom stereocenters. The highest BCUT2D eigenvalue weighted by atomic mass is 16.5. The first-order valence-corrected chi connectivity index (χ1v) is 9.57. The maximum atomic E-state index is 12.7. The molecular weight excluding hydrogens is 346 g/mol. The number of hydrogen-bond donors (Lipinski definition) is 0. The summed E-state index contributed by atoms with van der Waals surface area (Å²) in [5, 5.41) is 0. The zero-order chi connectivity index (χ0) is 19.4. The molecule has 7 nitrogen and oxygen atoms in total. The molecule has 148 valence electrons. The Hall–Kier alpha value is -2.28. The molecule has 1 fully saturated rings. The van der Waals surface area contributed by atoms with E-state index in [0.717, 1.165) is 31.6 Å². The lowest BCUT2D eigenvalue weighted by molar-refractivity contribution is -0.142. The molecule has 0 radical (unpaired) electrons. The van der Waals surface area contributed by atoms with Crippen molar-refractivity contribution in [2.24, 2.45) is 0 Å². The van der Waals surface area contributed by atoms with Gasteiger partial charge < -0.3 is 24.2 Å². The van der Waals surface area contributed by atoms with E-state index in [-0.39, 0.29) is 18.2 Å². The summed E-state index contributed by atoms with van der Waals surface area (Å²) >= 11 is 0. The number of benzene rings is 1. The van der Waals surface area contributed by atoms with Crippen molar-refractivity contribution >= 4 is 11.8 Å². The molecule has 0 aliphatic carbocycles. The Kier molecular flexibility index (Phi) is 6.21. The van der Waals surface area contributed by atoms with Crippen molar-refractivity contribution in [2.75, 3.05) is 53.5 Å². The summed E-state index contributed by atoms with van der Waals surface area (Å²) in [5.74, 6) is 1.21. The van der Waals surface area contributed by atoms with E-state index in [2.05, 4.69) is 11.8 Å². The largest absolute Gasteiger partial charge is 0.493 e.